The van der Waals surface area contributed by atoms with Gasteiger partial charge in [-0.3, -0.25) is 10.5 Å². The van der Waals surface area contributed by atoms with Crippen LogP contribution in [0.1, 0.15) is 35.0 Å². The number of hydrogen-bond donors (Lipinski definition) is 3. The van der Waals surface area contributed by atoms with Crippen LogP contribution in [0.2, 0.25) is 0 Å². The van der Waals surface area contributed by atoms with Gasteiger partial charge < -0.3 is 15.8 Å². The summed E-state index contributed by atoms with van der Waals surface area (Å²) in [5, 5.41) is 13.3. The Morgan fingerprint density at radius 2 is 1.88 bits per heavy atom. The number of unbranched alkanes of at least 4 members (excludes halogenated alkanes) is 1. The second-order valence-corrected chi connectivity index (χ2v) is 8.52. The van der Waals surface area contributed by atoms with Crippen molar-refractivity contribution in [3.8, 4) is 22.9 Å². The standard InChI is InChI=1S/C25H23N5O2S/c1-2-3-13-32-17-11-9-15(10-12-17)19-18(14-26)23(28)30-25-20(19)21(27)22(33-25)24(31)29-16-7-5-4-6-8-16/h4-12H,2-3,13,27H2,1H3,(H2,28,30)(H,29,31)/p+1. The number of aromatic amines is 1. The molecule has 6 N–H and O–H groups in total. The summed E-state index contributed by atoms with van der Waals surface area (Å²) in [7, 11) is 0. The van der Waals surface area contributed by atoms with E-state index in [-0.39, 0.29) is 17.3 Å². The van der Waals surface area contributed by atoms with Crippen LogP contribution in [0.15, 0.2) is 54.6 Å². The summed E-state index contributed by atoms with van der Waals surface area (Å²) in [6.45, 7) is 2.76. The molecule has 4 aromatic rings. The number of rotatable bonds is 7. The van der Waals surface area contributed by atoms with Crippen molar-refractivity contribution >= 4 is 44.7 Å². The normalized spacial score (nSPS) is 10.7. The van der Waals surface area contributed by atoms with Crippen LogP contribution in [0.3, 0.4) is 0 Å². The third-order valence-electron chi connectivity index (χ3n) is 5.22. The topological polar surface area (TPSA) is 128 Å². The summed E-state index contributed by atoms with van der Waals surface area (Å²) in [6, 6.07) is 18.8. The van der Waals surface area contributed by atoms with Gasteiger partial charge in [0.15, 0.2) is 4.83 Å². The highest BCUT2D eigenvalue weighted by molar-refractivity contribution is 7.21. The summed E-state index contributed by atoms with van der Waals surface area (Å²) in [5.74, 6) is 0.647. The van der Waals surface area contributed by atoms with Gasteiger partial charge in [0, 0.05) is 11.3 Å². The Kier molecular flexibility index (Phi) is 6.43. The molecule has 33 heavy (non-hydrogen) atoms. The van der Waals surface area contributed by atoms with Crippen LogP contribution in [-0.2, 0) is 0 Å². The average Bonchev–Trinajstić information content (AvgIpc) is 3.15. The summed E-state index contributed by atoms with van der Waals surface area (Å²) in [4.78, 5) is 17.0. The number of pyridine rings is 1. The highest BCUT2D eigenvalue weighted by Gasteiger charge is 2.26. The van der Waals surface area contributed by atoms with Crippen molar-refractivity contribution in [3.63, 3.8) is 0 Å². The van der Waals surface area contributed by atoms with E-state index in [0.717, 1.165) is 24.2 Å². The minimum atomic E-state index is -0.323. The lowest BCUT2D eigenvalue weighted by Crippen LogP contribution is -2.13. The average molecular weight is 459 g/mol. The maximum Gasteiger partial charge on any atom is 0.290 e. The highest BCUT2D eigenvalue weighted by Crippen LogP contribution is 2.41. The van der Waals surface area contributed by atoms with E-state index >= 15 is 0 Å². The molecule has 0 saturated carbocycles. The zero-order valence-electron chi connectivity index (χ0n) is 18.1. The second kappa shape index (κ2) is 9.59. The first-order valence-electron chi connectivity index (χ1n) is 10.6. The van der Waals surface area contributed by atoms with Crippen LogP contribution in [0.25, 0.3) is 21.3 Å². The van der Waals surface area contributed by atoms with E-state index in [0.29, 0.717) is 38.6 Å². The number of carbonyl (C=O) groups excluding carboxylic acids is 1. The van der Waals surface area contributed by atoms with Gasteiger partial charge in [0.2, 0.25) is 0 Å². The van der Waals surface area contributed by atoms with Crippen molar-refractivity contribution in [1.82, 2.24) is 0 Å². The number of carbonyl (C=O) groups is 1. The number of thiophene rings is 1. The second-order valence-electron chi connectivity index (χ2n) is 7.50. The number of nitrogens with two attached hydrogens (primary N) is 2. The maximum absolute atomic E-state index is 13.0. The first kappa shape index (κ1) is 22.1. The van der Waals surface area contributed by atoms with E-state index in [1.807, 2.05) is 42.5 Å². The molecule has 166 valence electrons. The van der Waals surface area contributed by atoms with Crippen molar-refractivity contribution < 1.29 is 14.5 Å². The molecule has 0 bridgehead atoms. The maximum atomic E-state index is 13.0. The molecule has 7 nitrogen and oxygen atoms in total. The quantitative estimate of drug-likeness (QED) is 0.341. The number of nitrogen functional groups attached to an aromatic ring is 2. The van der Waals surface area contributed by atoms with Gasteiger partial charge in [-0.05, 0) is 36.2 Å². The number of hydrogen-bond acceptors (Lipinski definition) is 6. The molecule has 0 spiro atoms. The molecule has 1 amide bonds. The van der Waals surface area contributed by atoms with Crippen LogP contribution >= 0.6 is 11.3 Å². The molecular formula is C25H24N5O2S+. The van der Waals surface area contributed by atoms with Gasteiger partial charge in [0.25, 0.3) is 11.7 Å². The van der Waals surface area contributed by atoms with Crippen LogP contribution in [0.5, 0.6) is 5.75 Å². The number of aromatic nitrogens is 1. The van der Waals surface area contributed by atoms with Gasteiger partial charge >= 0.3 is 0 Å². The van der Waals surface area contributed by atoms with E-state index in [2.05, 4.69) is 23.3 Å². The lowest BCUT2D eigenvalue weighted by atomic mass is 9.97. The molecule has 0 fully saturated rings. The molecule has 0 radical (unpaired) electrons. The number of fused-ring (bicyclic) bond motifs is 1. The number of nitrogens with one attached hydrogen (secondary N) is 2. The van der Waals surface area contributed by atoms with Crippen LogP contribution in [-0.4, -0.2) is 12.5 Å². The predicted molar refractivity (Wildman–Crippen MR) is 132 cm³/mol. The van der Waals surface area contributed by atoms with Crippen molar-refractivity contribution in [1.29, 1.82) is 5.26 Å². The summed E-state index contributed by atoms with van der Waals surface area (Å²) >= 11 is 1.20. The molecule has 0 saturated heterocycles. The first-order chi connectivity index (χ1) is 16.0. The van der Waals surface area contributed by atoms with Gasteiger partial charge in [-0.1, -0.05) is 55.0 Å². The first-order valence-corrected chi connectivity index (χ1v) is 11.4. The lowest BCUT2D eigenvalue weighted by molar-refractivity contribution is -0.323. The van der Waals surface area contributed by atoms with Gasteiger partial charge in [0.1, 0.15) is 22.3 Å². The molecule has 2 aromatic carbocycles. The van der Waals surface area contributed by atoms with Crippen LogP contribution in [0.4, 0.5) is 17.2 Å². The largest absolute Gasteiger partial charge is 0.494 e. The van der Waals surface area contributed by atoms with Crippen molar-refractivity contribution in [3.05, 3.63) is 65.0 Å². The van der Waals surface area contributed by atoms with E-state index < -0.39 is 0 Å². The van der Waals surface area contributed by atoms with Gasteiger partial charge in [-0.2, -0.15) is 5.26 Å². The third kappa shape index (κ3) is 4.45. The predicted octanol–water partition coefficient (Wildman–Crippen LogP) is 4.85. The Hall–Kier alpha value is -4.09. The van der Waals surface area contributed by atoms with Crippen LogP contribution in [0, 0.1) is 11.3 Å². The van der Waals surface area contributed by atoms with E-state index in [4.69, 9.17) is 16.2 Å². The van der Waals surface area contributed by atoms with Crippen molar-refractivity contribution in [2.45, 2.75) is 19.8 Å². The molecule has 0 aliphatic rings. The zero-order chi connectivity index (χ0) is 23.4. The summed E-state index contributed by atoms with van der Waals surface area (Å²) < 4.78 is 5.75. The molecule has 8 heteroatoms. The Labute approximate surface area is 195 Å². The summed E-state index contributed by atoms with van der Waals surface area (Å²) in [5.41, 5.74) is 15.2. The number of benzene rings is 2. The Balaban J connectivity index is 1.79. The molecule has 0 aliphatic heterocycles. The number of ether oxygens (including phenoxy) is 1. The molecular weight excluding hydrogens is 434 g/mol. The number of nitriles is 1. The Morgan fingerprint density at radius 3 is 2.55 bits per heavy atom. The third-order valence-corrected chi connectivity index (χ3v) is 6.34. The number of para-hydroxylation sites is 1. The molecule has 0 unspecified atom stereocenters. The molecule has 0 atom stereocenters. The SMILES string of the molecule is CCCCOc1ccc(-c2c(C#N)c(N)[nH+]c3sc(C(=O)Nc4ccccc4)c(N)c23)cc1. The molecule has 2 heterocycles. The fourth-order valence-corrected chi connectivity index (χ4v) is 4.59. The Morgan fingerprint density at radius 1 is 1.15 bits per heavy atom. The fourth-order valence-electron chi connectivity index (χ4n) is 3.56. The molecule has 0 aliphatic carbocycles. The zero-order valence-corrected chi connectivity index (χ0v) is 19.0. The van der Waals surface area contributed by atoms with E-state index in [1.54, 1.807) is 12.1 Å². The molecule has 2 aromatic heterocycles. The minimum Gasteiger partial charge on any atom is -0.494 e. The minimum absolute atomic E-state index is 0.222. The van der Waals surface area contributed by atoms with Gasteiger partial charge in [0.05, 0.1) is 17.7 Å². The van der Waals surface area contributed by atoms with Crippen molar-refractivity contribution in [2.24, 2.45) is 0 Å². The smallest absolute Gasteiger partial charge is 0.290 e. The number of nitrogens with zero attached hydrogens (tertiary/aromatic N) is 1. The lowest BCUT2D eigenvalue weighted by Gasteiger charge is -2.09. The number of H-pyrrole nitrogens is 1. The Bertz CT molecular complexity index is 1340. The van der Waals surface area contributed by atoms with Gasteiger partial charge in [-0.15, -0.1) is 0 Å². The fraction of sp³-hybridized carbons (Fsp3) is 0.160. The van der Waals surface area contributed by atoms with Crippen LogP contribution < -0.4 is 26.5 Å². The monoisotopic (exact) mass is 458 g/mol. The summed E-state index contributed by atoms with van der Waals surface area (Å²) in [6.07, 6.45) is 2.03. The van der Waals surface area contributed by atoms with Gasteiger partial charge in [-0.25, -0.2) is 4.98 Å². The molecule has 4 rings (SSSR count). The number of amides is 1. The van der Waals surface area contributed by atoms with E-state index in [1.165, 1.54) is 11.3 Å². The van der Waals surface area contributed by atoms with E-state index in [9.17, 15) is 10.1 Å². The highest BCUT2D eigenvalue weighted by atomic mass is 32.1. The van der Waals surface area contributed by atoms with Crippen molar-refractivity contribution in [2.75, 3.05) is 23.4 Å². The number of anilines is 3.